The van der Waals surface area contributed by atoms with Crippen LogP contribution in [0.2, 0.25) is 0 Å². The van der Waals surface area contributed by atoms with E-state index in [2.05, 4.69) is 15.6 Å². The molecule has 176 valence electrons. The number of nitrogens with one attached hydrogen (secondary N) is 2. The number of nitro benzene ring substituents is 1. The number of nitrogens with two attached hydrogens (primary N) is 3. The molecule has 0 aliphatic carbocycles. The minimum absolute atomic E-state index is 0.00366. The molecule has 0 bridgehead atoms. The smallest absolute Gasteiger partial charge is 0.326 e. The van der Waals surface area contributed by atoms with E-state index in [0.717, 1.165) is 18.2 Å². The number of carbonyl (C=O) groups is 3. The van der Waals surface area contributed by atoms with Crippen molar-refractivity contribution in [3.05, 3.63) is 33.9 Å². The van der Waals surface area contributed by atoms with Crippen molar-refractivity contribution in [2.24, 2.45) is 22.2 Å². The van der Waals surface area contributed by atoms with E-state index in [-0.39, 0.29) is 48.8 Å². The summed E-state index contributed by atoms with van der Waals surface area (Å²) in [6.45, 7) is 1.52. The lowest BCUT2D eigenvalue weighted by Gasteiger charge is -2.22. The van der Waals surface area contributed by atoms with Gasteiger partial charge in [0.05, 0.1) is 11.0 Å². The summed E-state index contributed by atoms with van der Waals surface area (Å²) in [4.78, 5) is 50.4. The second-order valence-corrected chi connectivity index (χ2v) is 6.97. The molecule has 1 aromatic carbocycles. The molecule has 0 aromatic heterocycles. The first-order chi connectivity index (χ1) is 14.9. The van der Waals surface area contributed by atoms with Crippen molar-refractivity contribution in [2.45, 2.75) is 44.3 Å². The first-order valence-corrected chi connectivity index (χ1v) is 9.53. The Kier molecular flexibility index (Phi) is 9.82. The number of aromatic hydroxyl groups is 1. The van der Waals surface area contributed by atoms with Gasteiger partial charge in [0.15, 0.2) is 5.96 Å². The molecule has 0 aliphatic heterocycles. The maximum Gasteiger partial charge on any atom is 0.326 e. The summed E-state index contributed by atoms with van der Waals surface area (Å²) in [7, 11) is 0. The van der Waals surface area contributed by atoms with Gasteiger partial charge in [-0.05, 0) is 25.8 Å². The van der Waals surface area contributed by atoms with Crippen LogP contribution < -0.4 is 27.8 Å². The zero-order chi connectivity index (χ0) is 24.4. The zero-order valence-electron chi connectivity index (χ0n) is 17.4. The van der Waals surface area contributed by atoms with E-state index in [1.807, 2.05) is 0 Å². The van der Waals surface area contributed by atoms with Crippen molar-refractivity contribution >= 4 is 29.4 Å². The van der Waals surface area contributed by atoms with Crippen molar-refractivity contribution < 1.29 is 29.5 Å². The quantitative estimate of drug-likeness (QED) is 0.0620. The van der Waals surface area contributed by atoms with Gasteiger partial charge < -0.3 is 38.0 Å². The predicted molar refractivity (Wildman–Crippen MR) is 114 cm³/mol. The van der Waals surface area contributed by atoms with Crippen molar-refractivity contribution in [1.82, 2.24) is 10.6 Å². The molecule has 0 heterocycles. The molecule has 3 atom stereocenters. The first-order valence-electron chi connectivity index (χ1n) is 9.53. The molecule has 0 saturated heterocycles. The molecule has 2 amide bonds. The lowest BCUT2D eigenvalue weighted by atomic mass is 10.0. The first kappa shape index (κ1) is 26.1. The van der Waals surface area contributed by atoms with E-state index >= 15 is 0 Å². The average Bonchev–Trinajstić information content (AvgIpc) is 2.70. The average molecular weight is 453 g/mol. The van der Waals surface area contributed by atoms with Crippen molar-refractivity contribution in [2.75, 3.05) is 6.54 Å². The summed E-state index contributed by atoms with van der Waals surface area (Å²) in [5.41, 5.74) is 15.6. The van der Waals surface area contributed by atoms with Gasteiger partial charge in [-0.1, -0.05) is 0 Å². The Morgan fingerprint density at radius 3 is 2.34 bits per heavy atom. The van der Waals surface area contributed by atoms with E-state index in [0.29, 0.717) is 0 Å². The number of nitro groups is 1. The Bertz CT molecular complexity index is 884. The largest absolute Gasteiger partial charge is 0.508 e. The number of hydrogen-bond acceptors (Lipinski definition) is 8. The van der Waals surface area contributed by atoms with Gasteiger partial charge >= 0.3 is 5.97 Å². The van der Waals surface area contributed by atoms with Gasteiger partial charge in [0.2, 0.25) is 11.8 Å². The number of nitrogens with zero attached hydrogens (tertiary/aromatic N) is 2. The summed E-state index contributed by atoms with van der Waals surface area (Å²) in [6.07, 6.45) is -0.107. The molecule has 14 heteroatoms. The second-order valence-electron chi connectivity index (χ2n) is 6.97. The summed E-state index contributed by atoms with van der Waals surface area (Å²) < 4.78 is 0. The predicted octanol–water partition coefficient (Wildman–Crippen LogP) is -1.70. The third-order valence-corrected chi connectivity index (χ3v) is 4.30. The van der Waals surface area contributed by atoms with Crippen LogP contribution in [0, 0.1) is 10.1 Å². The number of phenolic OH excluding ortho intramolecular Hbond substituents is 1. The normalized spacial score (nSPS) is 13.3. The molecule has 0 radical (unpaired) electrons. The van der Waals surface area contributed by atoms with Crippen LogP contribution in [-0.2, 0) is 20.8 Å². The van der Waals surface area contributed by atoms with Crippen LogP contribution in [-0.4, -0.2) is 63.5 Å². The Hall–Kier alpha value is -3.94. The Morgan fingerprint density at radius 1 is 1.19 bits per heavy atom. The Morgan fingerprint density at radius 2 is 1.81 bits per heavy atom. The minimum Gasteiger partial charge on any atom is -0.508 e. The van der Waals surface area contributed by atoms with Crippen LogP contribution in [0.1, 0.15) is 25.3 Å². The van der Waals surface area contributed by atoms with Gasteiger partial charge in [0.1, 0.15) is 17.8 Å². The summed E-state index contributed by atoms with van der Waals surface area (Å²) >= 11 is 0. The van der Waals surface area contributed by atoms with Gasteiger partial charge in [-0.25, -0.2) is 4.79 Å². The molecule has 32 heavy (non-hydrogen) atoms. The zero-order valence-corrected chi connectivity index (χ0v) is 17.4. The van der Waals surface area contributed by atoms with Gasteiger partial charge in [0, 0.05) is 30.7 Å². The molecule has 1 rings (SSSR count). The fourth-order valence-electron chi connectivity index (χ4n) is 2.61. The highest BCUT2D eigenvalue weighted by Crippen LogP contribution is 2.24. The third-order valence-electron chi connectivity index (χ3n) is 4.30. The summed E-state index contributed by atoms with van der Waals surface area (Å²) in [6, 6.07) is -0.451. The number of non-ortho nitro benzene ring substituents is 1. The SMILES string of the molecule is C[C@H](N)C(=O)N[C@@H](Cc1cc([N+](=O)[O-])ccc1O)C(=O)N[C@@H](CCCN=C(N)N)C(=O)O. The Labute approximate surface area is 183 Å². The Balaban J connectivity index is 3.06. The minimum atomic E-state index is -1.36. The highest BCUT2D eigenvalue weighted by molar-refractivity contribution is 5.91. The number of aliphatic imine (C=N–C) groups is 1. The highest BCUT2D eigenvalue weighted by Gasteiger charge is 2.28. The molecule has 0 fully saturated rings. The van der Waals surface area contributed by atoms with Crippen LogP contribution in [0.3, 0.4) is 0 Å². The number of guanidine groups is 1. The van der Waals surface area contributed by atoms with E-state index < -0.39 is 40.8 Å². The maximum atomic E-state index is 12.8. The van der Waals surface area contributed by atoms with Gasteiger partial charge in [0.25, 0.3) is 5.69 Å². The number of rotatable bonds is 12. The van der Waals surface area contributed by atoms with E-state index in [4.69, 9.17) is 17.2 Å². The van der Waals surface area contributed by atoms with Crippen LogP contribution in [0.25, 0.3) is 0 Å². The number of carboxylic acid groups (broad SMARTS) is 1. The van der Waals surface area contributed by atoms with E-state index in [1.54, 1.807) is 0 Å². The third kappa shape index (κ3) is 8.43. The highest BCUT2D eigenvalue weighted by atomic mass is 16.6. The topological polar surface area (TPSA) is 249 Å². The van der Waals surface area contributed by atoms with Crippen molar-refractivity contribution in [1.29, 1.82) is 0 Å². The van der Waals surface area contributed by atoms with Gasteiger partial charge in [-0.15, -0.1) is 0 Å². The number of amides is 2. The molecule has 0 spiro atoms. The molecule has 0 aliphatic rings. The lowest BCUT2D eigenvalue weighted by molar-refractivity contribution is -0.384. The standard InChI is InChI=1S/C18H27N7O7/c1-9(19)15(27)24-13(8-10-7-11(25(31)32)4-5-14(10)26)16(28)23-12(17(29)30)3-2-6-22-18(20)21/h4-5,7,9,12-13,26H,2-3,6,8,19H2,1H3,(H,23,28)(H,24,27)(H,29,30)(H4,20,21,22)/t9-,12-,13-/m0/s1. The number of hydrogen-bond donors (Lipinski definition) is 7. The molecule has 0 saturated carbocycles. The number of aliphatic carboxylic acids is 1. The fourth-order valence-corrected chi connectivity index (χ4v) is 2.61. The monoisotopic (exact) mass is 453 g/mol. The van der Waals surface area contributed by atoms with Crippen molar-refractivity contribution in [3.63, 3.8) is 0 Å². The number of phenols is 1. The molecule has 0 unspecified atom stereocenters. The molecule has 1 aromatic rings. The van der Waals surface area contributed by atoms with Crippen molar-refractivity contribution in [3.8, 4) is 5.75 Å². The van der Waals surface area contributed by atoms with Gasteiger partial charge in [-0.3, -0.25) is 24.7 Å². The lowest BCUT2D eigenvalue weighted by Crippen LogP contribution is -2.54. The van der Waals surface area contributed by atoms with Crippen LogP contribution in [0.5, 0.6) is 5.75 Å². The number of carbonyl (C=O) groups excluding carboxylic acids is 2. The van der Waals surface area contributed by atoms with Crippen LogP contribution >= 0.6 is 0 Å². The summed E-state index contributed by atoms with van der Waals surface area (Å²) in [5, 5.41) is 35.1. The van der Waals surface area contributed by atoms with Gasteiger partial charge in [-0.2, -0.15) is 0 Å². The second kappa shape index (κ2) is 12.0. The molecular formula is C18H27N7O7. The fraction of sp³-hybridized carbons (Fsp3) is 0.444. The molecule has 14 nitrogen and oxygen atoms in total. The molecular weight excluding hydrogens is 426 g/mol. The summed E-state index contributed by atoms with van der Waals surface area (Å²) in [5.74, 6) is -3.40. The van der Waals surface area contributed by atoms with Crippen LogP contribution in [0.4, 0.5) is 5.69 Å². The number of benzene rings is 1. The molecule has 10 N–H and O–H groups in total. The van der Waals surface area contributed by atoms with E-state index in [1.165, 1.54) is 6.92 Å². The maximum absolute atomic E-state index is 12.8. The van der Waals surface area contributed by atoms with Crippen LogP contribution in [0.15, 0.2) is 23.2 Å². The number of carboxylic acids is 1. The van der Waals surface area contributed by atoms with E-state index in [9.17, 15) is 34.7 Å².